The van der Waals surface area contributed by atoms with Crippen LogP contribution in [0, 0.1) is 6.92 Å². The first-order valence-electron chi connectivity index (χ1n) is 5.94. The van der Waals surface area contributed by atoms with Gasteiger partial charge in [0.05, 0.1) is 5.56 Å². The van der Waals surface area contributed by atoms with Crippen LogP contribution >= 0.6 is 0 Å². The number of anilines is 1. The van der Waals surface area contributed by atoms with Crippen LogP contribution in [0.25, 0.3) is 0 Å². The van der Waals surface area contributed by atoms with Crippen molar-refractivity contribution in [3.63, 3.8) is 0 Å². The van der Waals surface area contributed by atoms with Crippen LogP contribution in [0.4, 0.5) is 18.9 Å². The Bertz CT molecular complexity index is 395. The lowest BCUT2D eigenvalue weighted by Gasteiger charge is -2.35. The summed E-state index contributed by atoms with van der Waals surface area (Å²) in [4.78, 5) is 4.17. The van der Waals surface area contributed by atoms with Crippen LogP contribution < -0.4 is 4.90 Å². The molecule has 99 valence electrons. The second kappa shape index (κ2) is 5.18. The minimum absolute atomic E-state index is 0.584. The van der Waals surface area contributed by atoms with Crippen molar-refractivity contribution in [2.75, 3.05) is 37.6 Å². The highest BCUT2D eigenvalue weighted by atomic mass is 19.4. The predicted molar refractivity (Wildman–Crippen MR) is 65.5 cm³/mol. The molecule has 0 aromatic heterocycles. The van der Waals surface area contributed by atoms with Gasteiger partial charge in [-0.15, -0.1) is 0 Å². The molecule has 0 amide bonds. The molecule has 0 aliphatic carbocycles. The number of hydrogen-bond acceptors (Lipinski definition) is 2. The second-order valence-corrected chi connectivity index (χ2v) is 4.38. The molecule has 2 rings (SSSR count). The summed E-state index contributed by atoms with van der Waals surface area (Å²) >= 11 is 0. The van der Waals surface area contributed by atoms with E-state index in [1.165, 1.54) is 12.1 Å². The van der Waals surface area contributed by atoms with Crippen LogP contribution in [0.15, 0.2) is 24.3 Å². The molecule has 1 aliphatic heterocycles. The first kappa shape index (κ1) is 13.2. The Morgan fingerprint density at radius 1 is 1.11 bits per heavy atom. The standard InChI is InChI=1S/C13H16F3N2/c1-2-17-6-8-18(9-7-17)12-5-3-4-11(10-12)13(14,15)16/h3-5,10H,1-2,6-9H2. The van der Waals surface area contributed by atoms with Gasteiger partial charge in [-0.05, 0) is 31.7 Å². The zero-order chi connectivity index (χ0) is 13.2. The largest absolute Gasteiger partial charge is 0.416 e. The molecular weight excluding hydrogens is 241 g/mol. The number of nitrogens with zero attached hydrogens (tertiary/aromatic N) is 2. The first-order chi connectivity index (χ1) is 8.50. The van der Waals surface area contributed by atoms with Gasteiger partial charge in [-0.2, -0.15) is 13.2 Å². The summed E-state index contributed by atoms with van der Waals surface area (Å²) in [5.41, 5.74) is 0.0631. The lowest BCUT2D eigenvalue weighted by molar-refractivity contribution is -0.137. The maximum absolute atomic E-state index is 12.6. The SMILES string of the molecule is [CH2]CN1CCN(c2cccc(C(F)(F)F)c2)CC1. The molecule has 1 aromatic carbocycles. The van der Waals surface area contributed by atoms with Crippen molar-refractivity contribution >= 4 is 5.69 Å². The lowest BCUT2D eigenvalue weighted by Crippen LogP contribution is -2.46. The van der Waals surface area contributed by atoms with Gasteiger partial charge in [-0.1, -0.05) is 6.07 Å². The van der Waals surface area contributed by atoms with E-state index in [0.717, 1.165) is 38.8 Å². The molecule has 1 fully saturated rings. The lowest BCUT2D eigenvalue weighted by atomic mass is 10.1. The van der Waals surface area contributed by atoms with Crippen LogP contribution in [0.3, 0.4) is 0 Å². The topological polar surface area (TPSA) is 6.48 Å². The van der Waals surface area contributed by atoms with Gasteiger partial charge in [0.15, 0.2) is 0 Å². The van der Waals surface area contributed by atoms with E-state index < -0.39 is 11.7 Å². The monoisotopic (exact) mass is 257 g/mol. The van der Waals surface area contributed by atoms with Crippen molar-refractivity contribution in [1.29, 1.82) is 0 Å². The first-order valence-corrected chi connectivity index (χ1v) is 5.94. The molecule has 5 heteroatoms. The number of rotatable bonds is 2. The average molecular weight is 257 g/mol. The predicted octanol–water partition coefficient (Wildman–Crippen LogP) is 2.66. The molecule has 1 saturated heterocycles. The fourth-order valence-electron chi connectivity index (χ4n) is 2.11. The van der Waals surface area contributed by atoms with Gasteiger partial charge in [-0.25, -0.2) is 0 Å². The van der Waals surface area contributed by atoms with Crippen molar-refractivity contribution in [2.24, 2.45) is 0 Å². The Hall–Kier alpha value is -1.23. The van der Waals surface area contributed by atoms with E-state index in [2.05, 4.69) is 11.8 Å². The van der Waals surface area contributed by atoms with E-state index in [-0.39, 0.29) is 0 Å². The van der Waals surface area contributed by atoms with Gasteiger partial charge >= 0.3 is 6.18 Å². The minimum atomic E-state index is -4.27. The number of halogens is 3. The van der Waals surface area contributed by atoms with Gasteiger partial charge in [-0.3, -0.25) is 4.90 Å². The number of piperazine rings is 1. The van der Waals surface area contributed by atoms with Crippen LogP contribution in [-0.4, -0.2) is 37.6 Å². The van der Waals surface area contributed by atoms with E-state index in [4.69, 9.17) is 0 Å². The molecule has 1 heterocycles. The Morgan fingerprint density at radius 2 is 1.78 bits per heavy atom. The zero-order valence-corrected chi connectivity index (χ0v) is 10.1. The van der Waals surface area contributed by atoms with Crippen molar-refractivity contribution in [3.05, 3.63) is 36.8 Å². The van der Waals surface area contributed by atoms with Gasteiger partial charge in [0.2, 0.25) is 0 Å². The van der Waals surface area contributed by atoms with E-state index in [9.17, 15) is 13.2 Å². The van der Waals surface area contributed by atoms with Crippen molar-refractivity contribution in [1.82, 2.24) is 4.90 Å². The van der Waals surface area contributed by atoms with E-state index in [1.807, 2.05) is 4.90 Å². The summed E-state index contributed by atoms with van der Waals surface area (Å²) in [6, 6.07) is 5.52. The quantitative estimate of drug-likeness (QED) is 0.803. The molecule has 0 atom stereocenters. The third kappa shape index (κ3) is 2.96. The highest BCUT2D eigenvalue weighted by Crippen LogP contribution is 2.31. The van der Waals surface area contributed by atoms with Crippen LogP contribution in [0.5, 0.6) is 0 Å². The number of hydrogen-bond donors (Lipinski definition) is 0. The van der Waals surface area contributed by atoms with Crippen LogP contribution in [-0.2, 0) is 6.18 Å². The fourth-order valence-corrected chi connectivity index (χ4v) is 2.11. The molecule has 1 aliphatic rings. The molecular formula is C13H16F3N2. The van der Waals surface area contributed by atoms with E-state index >= 15 is 0 Å². The molecule has 1 radical (unpaired) electrons. The smallest absolute Gasteiger partial charge is 0.369 e. The highest BCUT2D eigenvalue weighted by Gasteiger charge is 2.31. The minimum Gasteiger partial charge on any atom is -0.369 e. The van der Waals surface area contributed by atoms with Crippen LogP contribution in [0.2, 0.25) is 0 Å². The zero-order valence-electron chi connectivity index (χ0n) is 10.1. The molecule has 0 spiro atoms. The van der Waals surface area contributed by atoms with Crippen molar-refractivity contribution < 1.29 is 13.2 Å². The summed E-state index contributed by atoms with van der Waals surface area (Å²) in [5, 5.41) is 0. The van der Waals surface area contributed by atoms with Crippen molar-refractivity contribution in [2.45, 2.75) is 6.18 Å². The Labute approximate surface area is 105 Å². The maximum Gasteiger partial charge on any atom is 0.416 e. The molecule has 2 nitrogen and oxygen atoms in total. The number of benzene rings is 1. The Kier molecular flexibility index (Phi) is 3.80. The normalized spacial score (nSPS) is 18.1. The number of alkyl halides is 3. The average Bonchev–Trinajstić information content (AvgIpc) is 2.38. The van der Waals surface area contributed by atoms with Gasteiger partial charge in [0.1, 0.15) is 0 Å². The second-order valence-electron chi connectivity index (χ2n) is 4.38. The van der Waals surface area contributed by atoms with Gasteiger partial charge in [0, 0.05) is 31.9 Å². The van der Waals surface area contributed by atoms with E-state index in [1.54, 1.807) is 6.07 Å². The maximum atomic E-state index is 12.6. The molecule has 0 saturated carbocycles. The summed E-state index contributed by atoms with van der Waals surface area (Å²) < 4.78 is 37.9. The molecule has 1 aromatic rings. The van der Waals surface area contributed by atoms with Gasteiger partial charge in [0.25, 0.3) is 0 Å². The summed E-state index contributed by atoms with van der Waals surface area (Å²) in [7, 11) is 0. The Balaban J connectivity index is 2.10. The molecule has 0 N–H and O–H groups in total. The van der Waals surface area contributed by atoms with Gasteiger partial charge < -0.3 is 4.90 Å². The summed E-state index contributed by atoms with van der Waals surface area (Å²) in [6.45, 7) is 7.75. The Morgan fingerprint density at radius 3 is 2.33 bits per heavy atom. The van der Waals surface area contributed by atoms with Crippen molar-refractivity contribution in [3.8, 4) is 0 Å². The molecule has 0 unspecified atom stereocenters. The highest BCUT2D eigenvalue weighted by molar-refractivity contribution is 5.49. The molecule has 0 bridgehead atoms. The third-order valence-electron chi connectivity index (χ3n) is 3.23. The summed E-state index contributed by atoms with van der Waals surface area (Å²) in [5.74, 6) is 0. The fraction of sp³-hybridized carbons (Fsp3) is 0.462. The van der Waals surface area contributed by atoms with E-state index in [0.29, 0.717) is 5.69 Å². The summed E-state index contributed by atoms with van der Waals surface area (Å²) in [6.07, 6.45) is -4.27. The molecule has 18 heavy (non-hydrogen) atoms. The van der Waals surface area contributed by atoms with Crippen LogP contribution in [0.1, 0.15) is 5.56 Å². The third-order valence-corrected chi connectivity index (χ3v) is 3.23.